The van der Waals surface area contributed by atoms with Gasteiger partial charge in [0.25, 0.3) is 0 Å². The van der Waals surface area contributed by atoms with Crippen LogP contribution in [0.15, 0.2) is 12.1 Å². The van der Waals surface area contributed by atoms with E-state index in [1.165, 1.54) is 19.2 Å². The molecule has 1 aliphatic rings. The van der Waals surface area contributed by atoms with Crippen LogP contribution < -0.4 is 0 Å². The molecule has 20 heavy (non-hydrogen) atoms. The van der Waals surface area contributed by atoms with Gasteiger partial charge in [-0.2, -0.15) is 0 Å². The molecule has 0 N–H and O–H groups in total. The zero-order chi connectivity index (χ0) is 14.7. The van der Waals surface area contributed by atoms with Gasteiger partial charge in [-0.3, -0.25) is 4.79 Å². The van der Waals surface area contributed by atoms with Gasteiger partial charge in [-0.25, -0.2) is 4.39 Å². The molecule has 0 aromatic heterocycles. The number of halogens is 3. The molecule has 1 aliphatic heterocycles. The third-order valence-corrected chi connectivity index (χ3v) is 3.69. The molecule has 1 fully saturated rings. The van der Waals surface area contributed by atoms with E-state index in [1.807, 2.05) is 0 Å². The molecular weight excluding hydrogens is 308 g/mol. The van der Waals surface area contributed by atoms with Crippen molar-refractivity contribution in [1.82, 2.24) is 4.90 Å². The van der Waals surface area contributed by atoms with Crippen molar-refractivity contribution in [2.24, 2.45) is 0 Å². The topological polar surface area (TPSA) is 38.8 Å². The van der Waals surface area contributed by atoms with Crippen LogP contribution in [0.3, 0.4) is 0 Å². The highest BCUT2D eigenvalue weighted by atomic mass is 35.5. The first-order chi connectivity index (χ1) is 9.52. The van der Waals surface area contributed by atoms with Gasteiger partial charge in [-0.05, 0) is 12.1 Å². The Kier molecular flexibility index (Phi) is 5.21. The summed E-state index contributed by atoms with van der Waals surface area (Å²) in [6, 6.07) is 2.59. The molecule has 0 saturated carbocycles. The fourth-order valence-electron chi connectivity index (χ4n) is 2.06. The highest BCUT2D eigenvalue weighted by molar-refractivity contribution is 6.35. The minimum atomic E-state index is -0.560. The van der Waals surface area contributed by atoms with Gasteiger partial charge in [-0.1, -0.05) is 23.2 Å². The number of nitrogens with zero attached hydrogens (tertiary/aromatic N) is 1. The molecule has 0 radical (unpaired) electrons. The molecule has 2 rings (SSSR count). The number of carbonyl (C=O) groups is 1. The Morgan fingerprint density at radius 3 is 2.95 bits per heavy atom. The van der Waals surface area contributed by atoms with E-state index >= 15 is 0 Å². The van der Waals surface area contributed by atoms with Crippen molar-refractivity contribution in [2.45, 2.75) is 6.10 Å². The number of benzene rings is 1. The third-order valence-electron chi connectivity index (χ3n) is 3.07. The second-order valence-corrected chi connectivity index (χ2v) is 5.23. The van der Waals surface area contributed by atoms with Crippen LogP contribution in [0.4, 0.5) is 4.39 Å². The van der Waals surface area contributed by atoms with Gasteiger partial charge in [0.1, 0.15) is 18.5 Å². The summed E-state index contributed by atoms with van der Waals surface area (Å²) in [6.45, 7) is 1.16. The van der Waals surface area contributed by atoms with E-state index in [-0.39, 0.29) is 17.5 Å². The Hall–Kier alpha value is -0.880. The monoisotopic (exact) mass is 321 g/mol. The second kappa shape index (κ2) is 6.72. The molecule has 1 aromatic carbocycles. The van der Waals surface area contributed by atoms with Crippen LogP contribution >= 0.6 is 23.2 Å². The summed E-state index contributed by atoms with van der Waals surface area (Å²) >= 11 is 11.7. The van der Waals surface area contributed by atoms with Gasteiger partial charge < -0.3 is 14.4 Å². The van der Waals surface area contributed by atoms with E-state index in [0.29, 0.717) is 30.3 Å². The van der Waals surface area contributed by atoms with Gasteiger partial charge in [0, 0.05) is 24.2 Å². The van der Waals surface area contributed by atoms with E-state index < -0.39 is 11.9 Å². The van der Waals surface area contributed by atoms with Crippen molar-refractivity contribution in [2.75, 3.05) is 33.4 Å². The summed E-state index contributed by atoms with van der Waals surface area (Å²) in [6.07, 6.45) is -0.469. The zero-order valence-electron chi connectivity index (χ0n) is 10.9. The highest BCUT2D eigenvalue weighted by Crippen LogP contribution is 2.32. The Labute approximate surface area is 126 Å². The fourth-order valence-corrected chi connectivity index (χ4v) is 2.57. The maximum Gasteiger partial charge on any atom is 0.248 e. The van der Waals surface area contributed by atoms with Crippen LogP contribution in [-0.2, 0) is 14.3 Å². The standard InChI is InChI=1S/C13H14Cl2FNO3/c1-19-7-13(18)17-2-3-20-12(6-17)8-4-11(16)10(15)5-9(8)14/h4-5,12H,2-3,6-7H2,1H3. The average Bonchev–Trinajstić information content (AvgIpc) is 2.43. The van der Waals surface area contributed by atoms with Crippen LogP contribution in [0.2, 0.25) is 10.0 Å². The number of morpholine rings is 1. The third kappa shape index (κ3) is 3.41. The zero-order valence-corrected chi connectivity index (χ0v) is 12.4. The molecule has 7 heteroatoms. The predicted molar refractivity (Wildman–Crippen MR) is 73.6 cm³/mol. The first-order valence-electron chi connectivity index (χ1n) is 6.05. The van der Waals surface area contributed by atoms with Crippen LogP contribution in [-0.4, -0.2) is 44.2 Å². The van der Waals surface area contributed by atoms with Crippen molar-refractivity contribution < 1.29 is 18.7 Å². The Morgan fingerprint density at radius 1 is 1.50 bits per heavy atom. The lowest BCUT2D eigenvalue weighted by atomic mass is 10.1. The van der Waals surface area contributed by atoms with Crippen molar-refractivity contribution in [1.29, 1.82) is 0 Å². The molecule has 1 atom stereocenters. The van der Waals surface area contributed by atoms with Crippen molar-refractivity contribution in [3.8, 4) is 0 Å². The van der Waals surface area contributed by atoms with E-state index in [2.05, 4.69) is 0 Å². The van der Waals surface area contributed by atoms with E-state index in [9.17, 15) is 9.18 Å². The smallest absolute Gasteiger partial charge is 0.248 e. The van der Waals surface area contributed by atoms with Gasteiger partial charge in [-0.15, -0.1) is 0 Å². The molecule has 0 bridgehead atoms. The van der Waals surface area contributed by atoms with Crippen molar-refractivity contribution in [3.05, 3.63) is 33.6 Å². The maximum atomic E-state index is 13.5. The van der Waals surface area contributed by atoms with Gasteiger partial charge >= 0.3 is 0 Å². The molecule has 0 spiro atoms. The average molecular weight is 322 g/mol. The summed E-state index contributed by atoms with van der Waals surface area (Å²) < 4.78 is 23.9. The summed E-state index contributed by atoms with van der Waals surface area (Å²) in [5.41, 5.74) is 0.489. The van der Waals surface area contributed by atoms with Gasteiger partial charge in [0.15, 0.2) is 0 Å². The number of methoxy groups -OCH3 is 1. The molecule has 1 amide bonds. The highest BCUT2D eigenvalue weighted by Gasteiger charge is 2.27. The van der Waals surface area contributed by atoms with E-state index in [1.54, 1.807) is 4.90 Å². The lowest BCUT2D eigenvalue weighted by Gasteiger charge is -2.33. The molecule has 4 nitrogen and oxygen atoms in total. The van der Waals surface area contributed by atoms with E-state index in [4.69, 9.17) is 32.7 Å². The molecule has 1 unspecified atom stereocenters. The van der Waals surface area contributed by atoms with Gasteiger partial charge in [0.05, 0.1) is 18.2 Å². The first kappa shape index (κ1) is 15.5. The Bertz CT molecular complexity index is 513. The first-order valence-corrected chi connectivity index (χ1v) is 6.81. The van der Waals surface area contributed by atoms with E-state index in [0.717, 1.165) is 0 Å². The van der Waals surface area contributed by atoms with Crippen molar-refractivity contribution in [3.63, 3.8) is 0 Å². The lowest BCUT2D eigenvalue weighted by Crippen LogP contribution is -2.43. The Balaban J connectivity index is 2.17. The summed E-state index contributed by atoms with van der Waals surface area (Å²) in [5.74, 6) is -0.693. The van der Waals surface area contributed by atoms with Crippen LogP contribution in [0.1, 0.15) is 11.7 Å². The maximum absolute atomic E-state index is 13.5. The molecule has 1 saturated heterocycles. The quantitative estimate of drug-likeness (QED) is 0.803. The minimum absolute atomic E-state index is 0.00936. The fraction of sp³-hybridized carbons (Fsp3) is 0.462. The largest absolute Gasteiger partial charge is 0.375 e. The predicted octanol–water partition coefficient (Wildman–Crippen LogP) is 2.68. The number of rotatable bonds is 3. The normalized spacial score (nSPS) is 19.2. The Morgan fingerprint density at radius 2 is 2.25 bits per heavy atom. The molecule has 1 aromatic rings. The summed E-state index contributed by atoms with van der Waals surface area (Å²) in [7, 11) is 1.46. The van der Waals surface area contributed by atoms with Crippen LogP contribution in [0.25, 0.3) is 0 Å². The number of carbonyl (C=O) groups excluding carboxylic acids is 1. The van der Waals surface area contributed by atoms with Crippen LogP contribution in [0, 0.1) is 5.82 Å². The number of hydrogen-bond acceptors (Lipinski definition) is 3. The van der Waals surface area contributed by atoms with Crippen molar-refractivity contribution >= 4 is 29.1 Å². The number of ether oxygens (including phenoxy) is 2. The number of amides is 1. The summed E-state index contributed by atoms with van der Waals surface area (Å²) in [5, 5.41) is 0.282. The lowest BCUT2D eigenvalue weighted by molar-refractivity contribution is -0.142. The summed E-state index contributed by atoms with van der Waals surface area (Å²) in [4.78, 5) is 13.4. The molecule has 110 valence electrons. The van der Waals surface area contributed by atoms with Gasteiger partial charge in [0.2, 0.25) is 5.91 Å². The molecule has 1 heterocycles. The molecular formula is C13H14Cl2FNO3. The molecule has 0 aliphatic carbocycles. The SMILES string of the molecule is COCC(=O)N1CCOC(c2cc(F)c(Cl)cc2Cl)C1. The number of hydrogen-bond donors (Lipinski definition) is 0. The van der Waals surface area contributed by atoms with Crippen LogP contribution in [0.5, 0.6) is 0 Å². The minimum Gasteiger partial charge on any atom is -0.375 e. The second-order valence-electron chi connectivity index (χ2n) is 4.42.